The van der Waals surface area contributed by atoms with E-state index in [0.29, 0.717) is 70.0 Å². The molecule has 0 saturated heterocycles. The number of benzene rings is 3. The molecule has 8 nitrogen and oxygen atoms in total. The fourth-order valence-corrected chi connectivity index (χ4v) is 5.39. The van der Waals surface area contributed by atoms with Gasteiger partial charge in [-0.1, -0.05) is 54.6 Å². The van der Waals surface area contributed by atoms with Crippen molar-refractivity contribution < 1.29 is 19.0 Å². The van der Waals surface area contributed by atoms with Crippen molar-refractivity contribution in [3.63, 3.8) is 0 Å². The number of methoxy groups -OCH3 is 2. The van der Waals surface area contributed by atoms with Crippen LogP contribution in [0.15, 0.2) is 70.6 Å². The van der Waals surface area contributed by atoms with Gasteiger partial charge >= 0.3 is 0 Å². The van der Waals surface area contributed by atoms with Crippen molar-refractivity contribution >= 4 is 45.9 Å². The SMILES string of the molecule is CCOc1ccccc1NC(=O)[C@@H](CC)Sc1nc2cc(OC)c(OC)cc2c(=O)n1CCc1ccc(Cl)cc1. The molecule has 0 saturated carbocycles. The zero-order valence-electron chi connectivity index (χ0n) is 22.9. The Morgan fingerprint density at radius 1 is 1.02 bits per heavy atom. The summed E-state index contributed by atoms with van der Waals surface area (Å²) in [6.07, 6.45) is 1.10. The number of halogens is 1. The van der Waals surface area contributed by atoms with Crippen molar-refractivity contribution in [3.8, 4) is 17.2 Å². The van der Waals surface area contributed by atoms with Gasteiger partial charge in [-0.25, -0.2) is 4.98 Å². The summed E-state index contributed by atoms with van der Waals surface area (Å²) in [5.74, 6) is 1.31. The van der Waals surface area contributed by atoms with Crippen molar-refractivity contribution in [2.24, 2.45) is 0 Å². The number of thioether (sulfide) groups is 1. The van der Waals surface area contributed by atoms with Gasteiger partial charge in [-0.05, 0) is 55.7 Å². The minimum absolute atomic E-state index is 0.203. The van der Waals surface area contributed by atoms with Crippen molar-refractivity contribution in [1.29, 1.82) is 0 Å². The number of hydrogen-bond acceptors (Lipinski definition) is 7. The number of para-hydroxylation sites is 2. The Morgan fingerprint density at radius 2 is 1.73 bits per heavy atom. The summed E-state index contributed by atoms with van der Waals surface area (Å²) in [5, 5.41) is 3.97. The van der Waals surface area contributed by atoms with Crippen LogP contribution in [0.1, 0.15) is 25.8 Å². The first-order valence-electron chi connectivity index (χ1n) is 13.0. The van der Waals surface area contributed by atoms with E-state index in [2.05, 4.69) is 5.32 Å². The molecular weight excluding hydrogens is 550 g/mol. The zero-order valence-corrected chi connectivity index (χ0v) is 24.5. The third-order valence-electron chi connectivity index (χ3n) is 6.32. The number of fused-ring (bicyclic) bond motifs is 1. The van der Waals surface area contributed by atoms with Crippen LogP contribution in [-0.4, -0.2) is 41.5 Å². The summed E-state index contributed by atoms with van der Waals surface area (Å²) < 4.78 is 18.2. The lowest BCUT2D eigenvalue weighted by molar-refractivity contribution is -0.115. The number of aromatic nitrogens is 2. The second-order valence-electron chi connectivity index (χ2n) is 8.89. The minimum atomic E-state index is -0.513. The lowest BCUT2D eigenvalue weighted by Crippen LogP contribution is -2.29. The molecular formula is C30H32ClN3O5S. The molecule has 3 aromatic carbocycles. The summed E-state index contributed by atoms with van der Waals surface area (Å²) in [6, 6.07) is 18.1. The quantitative estimate of drug-likeness (QED) is 0.157. The van der Waals surface area contributed by atoms with Crippen molar-refractivity contribution in [3.05, 3.63) is 81.6 Å². The summed E-state index contributed by atoms with van der Waals surface area (Å²) >= 11 is 7.31. The largest absolute Gasteiger partial charge is 0.493 e. The normalized spacial score (nSPS) is 11.7. The van der Waals surface area contributed by atoms with Gasteiger partial charge in [0.2, 0.25) is 5.91 Å². The van der Waals surface area contributed by atoms with Gasteiger partial charge in [-0.3, -0.25) is 14.2 Å². The minimum Gasteiger partial charge on any atom is -0.493 e. The Hall–Kier alpha value is -3.69. The average Bonchev–Trinajstić information content (AvgIpc) is 2.96. The van der Waals surface area contributed by atoms with Crippen molar-refractivity contribution in [2.45, 2.75) is 43.6 Å². The zero-order chi connectivity index (χ0) is 28.6. The first-order chi connectivity index (χ1) is 19.4. The highest BCUT2D eigenvalue weighted by atomic mass is 35.5. The summed E-state index contributed by atoms with van der Waals surface area (Å²) in [7, 11) is 3.05. The van der Waals surface area contributed by atoms with Crippen LogP contribution in [0.4, 0.5) is 5.69 Å². The van der Waals surface area contributed by atoms with Gasteiger partial charge < -0.3 is 19.5 Å². The molecule has 0 aliphatic rings. The monoisotopic (exact) mass is 581 g/mol. The third-order valence-corrected chi connectivity index (χ3v) is 7.92. The molecule has 0 spiro atoms. The molecule has 4 rings (SSSR count). The smallest absolute Gasteiger partial charge is 0.262 e. The van der Waals surface area contributed by atoms with Crippen LogP contribution in [0, 0.1) is 0 Å². The number of anilines is 1. The van der Waals surface area contributed by atoms with E-state index >= 15 is 0 Å². The Labute approximate surface area is 242 Å². The maximum Gasteiger partial charge on any atom is 0.262 e. The van der Waals surface area contributed by atoms with Gasteiger partial charge in [0.15, 0.2) is 16.7 Å². The molecule has 10 heteroatoms. The summed E-state index contributed by atoms with van der Waals surface area (Å²) in [4.78, 5) is 32.1. The number of rotatable bonds is 12. The lowest BCUT2D eigenvalue weighted by atomic mass is 10.1. The van der Waals surface area contributed by atoms with E-state index < -0.39 is 5.25 Å². The third kappa shape index (κ3) is 6.71. The highest BCUT2D eigenvalue weighted by Crippen LogP contribution is 2.33. The molecule has 210 valence electrons. The molecule has 0 radical (unpaired) electrons. The standard InChI is InChI=1S/C30H32ClN3O5S/c1-5-27(28(35)32-22-9-7-8-10-24(22)39-6-2)40-30-33-23-18-26(38-4)25(37-3)17-21(23)29(36)34(30)16-15-19-11-13-20(31)14-12-19/h7-14,17-18,27H,5-6,15-16H2,1-4H3,(H,32,35)/t27-/m1/s1. The van der Waals surface area contributed by atoms with E-state index in [1.807, 2.05) is 56.3 Å². The molecule has 1 amide bonds. The van der Waals surface area contributed by atoms with Crippen LogP contribution in [-0.2, 0) is 17.8 Å². The Morgan fingerprint density at radius 3 is 2.40 bits per heavy atom. The Balaban J connectivity index is 1.71. The molecule has 0 aliphatic carbocycles. The second kappa shape index (κ2) is 13.6. The summed E-state index contributed by atoms with van der Waals surface area (Å²) in [5.41, 5.74) is 1.86. The van der Waals surface area contributed by atoms with Crippen LogP contribution in [0.2, 0.25) is 5.02 Å². The Bertz CT molecular complexity index is 1540. The number of carbonyl (C=O) groups is 1. The van der Waals surface area contributed by atoms with E-state index in [0.717, 1.165) is 5.56 Å². The van der Waals surface area contributed by atoms with Crippen LogP contribution < -0.4 is 25.1 Å². The maximum atomic E-state index is 13.8. The molecule has 4 aromatic rings. The molecule has 1 N–H and O–H groups in total. The van der Waals surface area contributed by atoms with Crippen LogP contribution >= 0.6 is 23.4 Å². The average molecular weight is 582 g/mol. The number of ether oxygens (including phenoxy) is 3. The maximum absolute atomic E-state index is 13.8. The van der Waals surface area contributed by atoms with Crippen LogP contribution in [0.25, 0.3) is 10.9 Å². The molecule has 0 fully saturated rings. The number of hydrogen-bond donors (Lipinski definition) is 1. The number of amides is 1. The van der Waals surface area contributed by atoms with Gasteiger partial charge in [0.25, 0.3) is 5.56 Å². The fraction of sp³-hybridized carbons (Fsp3) is 0.300. The van der Waals surface area contributed by atoms with E-state index in [4.69, 9.17) is 30.8 Å². The van der Waals surface area contributed by atoms with E-state index in [-0.39, 0.29) is 11.5 Å². The number of carbonyl (C=O) groups excluding carboxylic acids is 1. The predicted molar refractivity (Wildman–Crippen MR) is 160 cm³/mol. The first kappa shape index (κ1) is 29.3. The molecule has 1 atom stereocenters. The number of aryl methyl sites for hydroxylation is 1. The second-order valence-corrected chi connectivity index (χ2v) is 10.5. The fourth-order valence-electron chi connectivity index (χ4n) is 4.22. The topological polar surface area (TPSA) is 91.7 Å². The van der Waals surface area contributed by atoms with Gasteiger partial charge in [-0.15, -0.1) is 0 Å². The molecule has 0 unspecified atom stereocenters. The van der Waals surface area contributed by atoms with Crippen LogP contribution in [0.5, 0.6) is 17.2 Å². The van der Waals surface area contributed by atoms with Crippen molar-refractivity contribution in [2.75, 3.05) is 26.1 Å². The highest BCUT2D eigenvalue weighted by Gasteiger charge is 2.24. The van der Waals surface area contributed by atoms with E-state index in [1.54, 1.807) is 22.8 Å². The van der Waals surface area contributed by atoms with Gasteiger partial charge in [-0.2, -0.15) is 0 Å². The lowest BCUT2D eigenvalue weighted by Gasteiger charge is -2.19. The first-order valence-corrected chi connectivity index (χ1v) is 14.2. The highest BCUT2D eigenvalue weighted by molar-refractivity contribution is 8.00. The van der Waals surface area contributed by atoms with Crippen molar-refractivity contribution in [1.82, 2.24) is 9.55 Å². The van der Waals surface area contributed by atoms with E-state index in [9.17, 15) is 9.59 Å². The predicted octanol–water partition coefficient (Wildman–Crippen LogP) is 6.22. The van der Waals surface area contributed by atoms with Gasteiger partial charge in [0.05, 0.1) is 42.7 Å². The van der Waals surface area contributed by atoms with Gasteiger partial charge in [0.1, 0.15) is 5.75 Å². The van der Waals surface area contributed by atoms with Gasteiger partial charge in [0, 0.05) is 17.6 Å². The molecule has 0 bridgehead atoms. The van der Waals surface area contributed by atoms with Crippen LogP contribution in [0.3, 0.4) is 0 Å². The molecule has 1 aromatic heterocycles. The number of nitrogens with zero attached hydrogens (tertiary/aromatic N) is 2. The molecule has 0 aliphatic heterocycles. The molecule has 1 heterocycles. The number of nitrogens with one attached hydrogen (secondary N) is 1. The Kier molecular flexibility index (Phi) is 9.95. The van der Waals surface area contributed by atoms with E-state index in [1.165, 1.54) is 26.0 Å². The summed E-state index contributed by atoms with van der Waals surface area (Å²) in [6.45, 7) is 4.67. The molecule has 40 heavy (non-hydrogen) atoms.